The maximum absolute atomic E-state index is 5.30. The molecule has 0 aromatic rings. The standard InChI is InChI=1S/C9H21NO.C2H6/c1-7-9(4,5)10(11-6)8(2)3;1-2/h8H,7H2,1-6H3;1-2H3. The van der Waals surface area contributed by atoms with Crippen molar-refractivity contribution in [2.75, 3.05) is 7.11 Å². The zero-order valence-electron chi connectivity index (χ0n) is 10.6. The van der Waals surface area contributed by atoms with Crippen molar-refractivity contribution < 1.29 is 4.84 Å². The van der Waals surface area contributed by atoms with Crippen molar-refractivity contribution in [1.29, 1.82) is 0 Å². The summed E-state index contributed by atoms with van der Waals surface area (Å²) in [6.45, 7) is 14.8. The Bertz CT molecular complexity index is 111. The van der Waals surface area contributed by atoms with E-state index in [9.17, 15) is 0 Å². The van der Waals surface area contributed by atoms with Gasteiger partial charge in [0.05, 0.1) is 7.11 Å². The molecular formula is C11H27NO. The summed E-state index contributed by atoms with van der Waals surface area (Å²) in [5.74, 6) is 0. The number of hydroxylamine groups is 2. The Morgan fingerprint density at radius 2 is 1.62 bits per heavy atom. The van der Waals surface area contributed by atoms with Gasteiger partial charge in [-0.25, -0.2) is 0 Å². The Kier molecular flexibility index (Phi) is 8.69. The fourth-order valence-electron chi connectivity index (χ4n) is 1.31. The second-order valence-corrected chi connectivity index (χ2v) is 3.77. The summed E-state index contributed by atoms with van der Waals surface area (Å²) >= 11 is 0. The lowest BCUT2D eigenvalue weighted by Gasteiger charge is -2.38. The van der Waals surface area contributed by atoms with E-state index in [0.717, 1.165) is 6.42 Å². The summed E-state index contributed by atoms with van der Waals surface area (Å²) in [6.07, 6.45) is 1.10. The first kappa shape index (κ1) is 15.4. The SMILES string of the molecule is CC.CCC(C)(C)N(OC)C(C)C. The summed E-state index contributed by atoms with van der Waals surface area (Å²) in [6, 6.07) is 0.440. The molecule has 0 aliphatic heterocycles. The molecule has 0 N–H and O–H groups in total. The molecule has 0 aromatic carbocycles. The molecule has 0 unspecified atom stereocenters. The van der Waals surface area contributed by atoms with E-state index in [4.69, 9.17) is 4.84 Å². The smallest absolute Gasteiger partial charge is 0.0575 e. The Hall–Kier alpha value is -0.0800. The highest BCUT2D eigenvalue weighted by Crippen LogP contribution is 2.20. The van der Waals surface area contributed by atoms with Crippen LogP contribution in [0.5, 0.6) is 0 Å². The van der Waals surface area contributed by atoms with Crippen molar-refractivity contribution in [3.8, 4) is 0 Å². The monoisotopic (exact) mass is 189 g/mol. The zero-order chi connectivity index (χ0) is 11.1. The van der Waals surface area contributed by atoms with Gasteiger partial charge in [-0.2, -0.15) is 5.06 Å². The van der Waals surface area contributed by atoms with Crippen molar-refractivity contribution in [2.24, 2.45) is 0 Å². The largest absolute Gasteiger partial charge is 0.302 e. The van der Waals surface area contributed by atoms with Crippen LogP contribution < -0.4 is 0 Å². The summed E-state index contributed by atoms with van der Waals surface area (Å²) in [5.41, 5.74) is 0.142. The van der Waals surface area contributed by atoms with Crippen molar-refractivity contribution >= 4 is 0 Å². The predicted molar refractivity (Wildman–Crippen MR) is 59.7 cm³/mol. The lowest BCUT2D eigenvalue weighted by atomic mass is 10.0. The van der Waals surface area contributed by atoms with Gasteiger partial charge in [0.1, 0.15) is 0 Å². The maximum atomic E-state index is 5.30. The Morgan fingerprint density at radius 1 is 1.23 bits per heavy atom. The summed E-state index contributed by atoms with van der Waals surface area (Å²) < 4.78 is 0. The molecule has 0 spiro atoms. The van der Waals surface area contributed by atoms with Crippen molar-refractivity contribution in [1.82, 2.24) is 5.06 Å². The average Bonchev–Trinajstić information content (AvgIpc) is 2.08. The normalized spacial score (nSPS) is 11.5. The molecule has 0 atom stereocenters. The Balaban J connectivity index is 0. The Labute approximate surface area is 84.2 Å². The molecule has 0 bridgehead atoms. The lowest BCUT2D eigenvalue weighted by Crippen LogP contribution is -2.46. The van der Waals surface area contributed by atoms with Crippen LogP contribution in [0.4, 0.5) is 0 Å². The van der Waals surface area contributed by atoms with E-state index >= 15 is 0 Å². The average molecular weight is 189 g/mol. The van der Waals surface area contributed by atoms with Crippen LogP contribution in [0.15, 0.2) is 0 Å². The fourth-order valence-corrected chi connectivity index (χ4v) is 1.31. The molecule has 2 nitrogen and oxygen atoms in total. The molecule has 0 amide bonds. The van der Waals surface area contributed by atoms with Gasteiger partial charge in [0.15, 0.2) is 0 Å². The third-order valence-electron chi connectivity index (χ3n) is 2.13. The molecule has 0 saturated heterocycles. The van der Waals surface area contributed by atoms with Crippen LogP contribution in [-0.2, 0) is 4.84 Å². The molecule has 0 saturated carbocycles. The molecule has 0 aromatic heterocycles. The molecule has 2 heteroatoms. The van der Waals surface area contributed by atoms with Gasteiger partial charge in [0, 0.05) is 11.6 Å². The van der Waals surface area contributed by atoms with E-state index in [1.165, 1.54) is 0 Å². The highest BCUT2D eigenvalue weighted by Gasteiger charge is 2.26. The lowest BCUT2D eigenvalue weighted by molar-refractivity contribution is -0.213. The molecule has 13 heavy (non-hydrogen) atoms. The molecule has 0 aliphatic rings. The first-order valence-corrected chi connectivity index (χ1v) is 5.29. The molecular weight excluding hydrogens is 162 g/mol. The van der Waals surface area contributed by atoms with Gasteiger partial charge in [-0.1, -0.05) is 20.8 Å². The van der Waals surface area contributed by atoms with E-state index in [1.54, 1.807) is 7.11 Å². The summed E-state index contributed by atoms with van der Waals surface area (Å²) in [5, 5.41) is 2.03. The van der Waals surface area contributed by atoms with E-state index < -0.39 is 0 Å². The molecule has 0 fully saturated rings. The Morgan fingerprint density at radius 3 is 1.69 bits per heavy atom. The van der Waals surface area contributed by atoms with Gasteiger partial charge < -0.3 is 4.84 Å². The highest BCUT2D eigenvalue weighted by atomic mass is 16.7. The van der Waals surface area contributed by atoms with Gasteiger partial charge in [0.2, 0.25) is 0 Å². The van der Waals surface area contributed by atoms with E-state index in [2.05, 4.69) is 34.6 Å². The van der Waals surface area contributed by atoms with Gasteiger partial charge in [-0.15, -0.1) is 0 Å². The third-order valence-corrected chi connectivity index (χ3v) is 2.13. The van der Waals surface area contributed by atoms with Crippen LogP contribution in [0.2, 0.25) is 0 Å². The van der Waals surface area contributed by atoms with Crippen LogP contribution >= 0.6 is 0 Å². The number of nitrogens with zero attached hydrogens (tertiary/aromatic N) is 1. The van der Waals surface area contributed by atoms with Gasteiger partial charge in [-0.3, -0.25) is 0 Å². The first-order valence-electron chi connectivity index (χ1n) is 5.29. The zero-order valence-corrected chi connectivity index (χ0v) is 10.6. The number of hydrogen-bond donors (Lipinski definition) is 0. The van der Waals surface area contributed by atoms with Crippen molar-refractivity contribution in [3.05, 3.63) is 0 Å². The summed E-state index contributed by atoms with van der Waals surface area (Å²) in [7, 11) is 1.73. The molecule has 0 heterocycles. The van der Waals surface area contributed by atoms with Crippen LogP contribution in [0.1, 0.15) is 54.9 Å². The minimum Gasteiger partial charge on any atom is -0.302 e. The third kappa shape index (κ3) is 5.27. The van der Waals surface area contributed by atoms with E-state index in [1.807, 2.05) is 18.9 Å². The van der Waals surface area contributed by atoms with E-state index in [0.29, 0.717) is 6.04 Å². The minimum atomic E-state index is 0.142. The number of rotatable bonds is 4. The first-order chi connectivity index (χ1) is 5.95. The topological polar surface area (TPSA) is 12.5 Å². The fraction of sp³-hybridized carbons (Fsp3) is 1.00. The highest BCUT2D eigenvalue weighted by molar-refractivity contribution is 4.76. The molecule has 0 radical (unpaired) electrons. The van der Waals surface area contributed by atoms with Gasteiger partial charge in [-0.05, 0) is 34.1 Å². The molecule has 82 valence electrons. The molecule has 0 rings (SSSR count). The van der Waals surface area contributed by atoms with Crippen molar-refractivity contribution in [2.45, 2.75) is 66.5 Å². The van der Waals surface area contributed by atoms with Crippen LogP contribution in [0.3, 0.4) is 0 Å². The second kappa shape index (κ2) is 7.34. The van der Waals surface area contributed by atoms with Crippen molar-refractivity contribution in [3.63, 3.8) is 0 Å². The van der Waals surface area contributed by atoms with Gasteiger partial charge >= 0.3 is 0 Å². The van der Waals surface area contributed by atoms with Crippen LogP contribution in [0, 0.1) is 0 Å². The number of hydrogen-bond acceptors (Lipinski definition) is 2. The summed E-state index contributed by atoms with van der Waals surface area (Å²) in [4.78, 5) is 5.30. The quantitative estimate of drug-likeness (QED) is 0.628. The van der Waals surface area contributed by atoms with Gasteiger partial charge in [0.25, 0.3) is 0 Å². The minimum absolute atomic E-state index is 0.142. The second-order valence-electron chi connectivity index (χ2n) is 3.77. The van der Waals surface area contributed by atoms with Crippen LogP contribution in [0.25, 0.3) is 0 Å². The predicted octanol–water partition coefficient (Wildman–Crippen LogP) is 3.47. The van der Waals surface area contributed by atoms with Crippen LogP contribution in [-0.4, -0.2) is 23.8 Å². The molecule has 0 aliphatic carbocycles. The maximum Gasteiger partial charge on any atom is 0.0575 e. The van der Waals surface area contributed by atoms with E-state index in [-0.39, 0.29) is 5.54 Å².